The fraction of sp³-hybridized carbons (Fsp3) is 1.00. The first-order valence-corrected chi connectivity index (χ1v) is 16.1. The summed E-state index contributed by atoms with van der Waals surface area (Å²) >= 11 is 0. The van der Waals surface area contributed by atoms with Crippen LogP contribution in [0.3, 0.4) is 0 Å². The quantitative estimate of drug-likeness (QED) is 0.0794. The van der Waals surface area contributed by atoms with Crippen LogP contribution in [-0.4, -0.2) is 30.7 Å². The molecule has 0 amide bonds. The molecule has 0 aliphatic carbocycles. The first-order valence-electron chi connectivity index (χ1n) is 16.1. The summed E-state index contributed by atoms with van der Waals surface area (Å²) < 4.78 is 1.47. The second-order valence-corrected chi connectivity index (χ2v) is 11.3. The maximum atomic E-state index is 2.37. The number of unbranched alkanes of at least 4 members (excludes halogenated alkanes) is 20. The normalized spacial score (nSPS) is 12.0. The van der Waals surface area contributed by atoms with Gasteiger partial charge in [-0.3, -0.25) is 0 Å². The summed E-state index contributed by atoms with van der Waals surface area (Å²) in [6.45, 7) is 15.3. The summed E-state index contributed by atoms with van der Waals surface area (Å²) in [4.78, 5) is 0. The molecule has 1 heteroatoms. The monoisotopic (exact) mass is 467 g/mol. The Kier molecular flexibility index (Phi) is 26.5. The Labute approximate surface area is 212 Å². The number of hydrogen-bond donors (Lipinski definition) is 0. The molecule has 0 N–H and O–H groups in total. The molecule has 0 aromatic heterocycles. The summed E-state index contributed by atoms with van der Waals surface area (Å²) in [5, 5.41) is 0. The van der Waals surface area contributed by atoms with Gasteiger partial charge in [-0.1, -0.05) is 130 Å². The Bertz CT molecular complexity index is 305. The Morgan fingerprint density at radius 2 is 0.424 bits per heavy atom. The third-order valence-electron chi connectivity index (χ3n) is 7.94. The standard InChI is InChI=1S/C32H68N/c1-5-9-13-16-19-22-26-30-33(29-25-12-8-4,31-27-23-20-17-14-10-6-2)32-28-24-21-18-15-11-7-3/h5-32H2,1-4H3/q+1. The van der Waals surface area contributed by atoms with Crippen molar-refractivity contribution in [3.63, 3.8) is 0 Å². The van der Waals surface area contributed by atoms with E-state index < -0.39 is 0 Å². The van der Waals surface area contributed by atoms with Crippen molar-refractivity contribution >= 4 is 0 Å². The van der Waals surface area contributed by atoms with Gasteiger partial charge in [0.05, 0.1) is 26.2 Å². The van der Waals surface area contributed by atoms with E-state index in [0.717, 1.165) is 0 Å². The highest BCUT2D eigenvalue weighted by Gasteiger charge is 2.25. The number of quaternary nitrogens is 1. The minimum absolute atomic E-state index is 1.37. The number of nitrogens with zero attached hydrogens (tertiary/aromatic N) is 1. The van der Waals surface area contributed by atoms with Crippen LogP contribution in [0.4, 0.5) is 0 Å². The van der Waals surface area contributed by atoms with Crippen LogP contribution in [0.25, 0.3) is 0 Å². The second-order valence-electron chi connectivity index (χ2n) is 11.3. The highest BCUT2D eigenvalue weighted by atomic mass is 15.3. The zero-order valence-electron chi connectivity index (χ0n) is 24.2. The highest BCUT2D eigenvalue weighted by Crippen LogP contribution is 2.20. The van der Waals surface area contributed by atoms with Gasteiger partial charge in [0, 0.05) is 0 Å². The lowest BCUT2D eigenvalue weighted by Crippen LogP contribution is -2.50. The van der Waals surface area contributed by atoms with Gasteiger partial charge in [0.1, 0.15) is 0 Å². The molecular weight excluding hydrogens is 398 g/mol. The minimum atomic E-state index is 1.37. The van der Waals surface area contributed by atoms with Crippen molar-refractivity contribution < 1.29 is 4.48 Å². The van der Waals surface area contributed by atoms with Crippen molar-refractivity contribution in [1.82, 2.24) is 0 Å². The molecule has 0 aliphatic rings. The first kappa shape index (κ1) is 33.0. The van der Waals surface area contributed by atoms with Crippen LogP contribution in [-0.2, 0) is 0 Å². The van der Waals surface area contributed by atoms with Crippen molar-refractivity contribution in [1.29, 1.82) is 0 Å². The lowest BCUT2D eigenvalue weighted by molar-refractivity contribution is -0.929. The van der Waals surface area contributed by atoms with Crippen LogP contribution in [0.15, 0.2) is 0 Å². The second kappa shape index (κ2) is 26.6. The molecule has 0 saturated heterocycles. The zero-order chi connectivity index (χ0) is 24.3. The van der Waals surface area contributed by atoms with Gasteiger partial charge in [-0.05, 0) is 51.4 Å². The van der Waals surface area contributed by atoms with Crippen molar-refractivity contribution in [2.75, 3.05) is 26.2 Å². The average molecular weight is 467 g/mol. The van der Waals surface area contributed by atoms with Gasteiger partial charge in [-0.25, -0.2) is 0 Å². The highest BCUT2D eigenvalue weighted by molar-refractivity contribution is 4.54. The van der Waals surface area contributed by atoms with E-state index in [-0.39, 0.29) is 0 Å². The fourth-order valence-electron chi connectivity index (χ4n) is 5.58. The average Bonchev–Trinajstić information content (AvgIpc) is 2.82. The van der Waals surface area contributed by atoms with E-state index in [0.29, 0.717) is 0 Å². The molecule has 0 aromatic rings. The van der Waals surface area contributed by atoms with Crippen LogP contribution < -0.4 is 0 Å². The summed E-state index contributed by atoms with van der Waals surface area (Å²) in [6.07, 6.45) is 34.8. The Balaban J connectivity index is 4.61. The topological polar surface area (TPSA) is 0 Å². The largest absolute Gasteiger partial charge is 0.324 e. The summed E-state index contributed by atoms with van der Waals surface area (Å²) in [5.41, 5.74) is 0. The van der Waals surface area contributed by atoms with E-state index in [1.807, 2.05) is 0 Å². The SMILES string of the molecule is CCCCCCCCC[N+](CCCCC)(CCCCCCCCC)CCCCCCCCC. The van der Waals surface area contributed by atoms with Crippen molar-refractivity contribution in [2.24, 2.45) is 0 Å². The van der Waals surface area contributed by atoms with E-state index in [9.17, 15) is 0 Å². The van der Waals surface area contributed by atoms with Gasteiger partial charge >= 0.3 is 0 Å². The van der Waals surface area contributed by atoms with Crippen molar-refractivity contribution in [2.45, 2.75) is 182 Å². The molecule has 200 valence electrons. The van der Waals surface area contributed by atoms with Gasteiger partial charge in [0.2, 0.25) is 0 Å². The van der Waals surface area contributed by atoms with E-state index in [4.69, 9.17) is 0 Å². The van der Waals surface area contributed by atoms with Gasteiger partial charge in [-0.2, -0.15) is 0 Å². The first-order chi connectivity index (χ1) is 16.2. The molecule has 33 heavy (non-hydrogen) atoms. The van der Waals surface area contributed by atoms with E-state index in [1.54, 1.807) is 0 Å². The molecule has 0 saturated carbocycles. The van der Waals surface area contributed by atoms with Crippen LogP contribution in [0, 0.1) is 0 Å². The Hall–Kier alpha value is -0.0400. The molecule has 0 fully saturated rings. The minimum Gasteiger partial charge on any atom is -0.324 e. The van der Waals surface area contributed by atoms with Crippen LogP contribution in [0.1, 0.15) is 182 Å². The lowest BCUT2D eigenvalue weighted by Gasteiger charge is -2.39. The maximum absolute atomic E-state index is 2.37. The molecule has 0 bridgehead atoms. The maximum Gasteiger partial charge on any atom is 0.0786 e. The van der Waals surface area contributed by atoms with Crippen LogP contribution in [0.2, 0.25) is 0 Å². The Morgan fingerprint density at radius 1 is 0.242 bits per heavy atom. The number of rotatable bonds is 28. The third-order valence-corrected chi connectivity index (χ3v) is 7.94. The molecular formula is C32H68N+. The fourth-order valence-corrected chi connectivity index (χ4v) is 5.58. The van der Waals surface area contributed by atoms with E-state index in [2.05, 4.69) is 27.7 Å². The molecule has 0 rings (SSSR count). The van der Waals surface area contributed by atoms with Gasteiger partial charge in [-0.15, -0.1) is 0 Å². The molecule has 0 aliphatic heterocycles. The smallest absolute Gasteiger partial charge is 0.0786 e. The van der Waals surface area contributed by atoms with Gasteiger partial charge in [0.25, 0.3) is 0 Å². The third kappa shape index (κ3) is 22.2. The summed E-state index contributed by atoms with van der Waals surface area (Å²) in [6, 6.07) is 0. The molecule has 0 heterocycles. The number of hydrogen-bond acceptors (Lipinski definition) is 0. The molecule has 0 atom stereocenters. The van der Waals surface area contributed by atoms with Gasteiger partial charge < -0.3 is 4.48 Å². The molecule has 1 nitrogen and oxygen atoms in total. The Morgan fingerprint density at radius 3 is 0.697 bits per heavy atom. The molecule has 0 radical (unpaired) electrons. The predicted octanol–water partition coefficient (Wildman–Crippen LogP) is 11.2. The zero-order valence-corrected chi connectivity index (χ0v) is 24.2. The molecule has 0 unspecified atom stereocenters. The summed E-state index contributed by atoms with van der Waals surface area (Å²) in [7, 11) is 0. The summed E-state index contributed by atoms with van der Waals surface area (Å²) in [5.74, 6) is 0. The van der Waals surface area contributed by atoms with Crippen molar-refractivity contribution in [3.05, 3.63) is 0 Å². The van der Waals surface area contributed by atoms with Crippen molar-refractivity contribution in [3.8, 4) is 0 Å². The van der Waals surface area contributed by atoms with Crippen LogP contribution >= 0.6 is 0 Å². The van der Waals surface area contributed by atoms with E-state index >= 15 is 0 Å². The lowest BCUT2D eigenvalue weighted by atomic mass is 10.0. The van der Waals surface area contributed by atoms with E-state index in [1.165, 1.54) is 185 Å². The molecule has 0 aromatic carbocycles. The van der Waals surface area contributed by atoms with Crippen LogP contribution in [0.5, 0.6) is 0 Å². The predicted molar refractivity (Wildman–Crippen MR) is 153 cm³/mol. The molecule has 0 spiro atoms. The van der Waals surface area contributed by atoms with Gasteiger partial charge in [0.15, 0.2) is 0 Å².